The second-order valence-electron chi connectivity index (χ2n) is 8.93. The Balaban J connectivity index is 2.05. The van der Waals surface area contributed by atoms with E-state index in [-0.39, 0.29) is 16.7 Å². The van der Waals surface area contributed by atoms with Gasteiger partial charge in [0.15, 0.2) is 0 Å². The molecule has 1 atom stereocenters. The molecule has 0 aromatic heterocycles. The monoisotopic (exact) mass is 416 g/mol. The molecular formula is C23H32N2O3S. The Morgan fingerprint density at radius 1 is 0.931 bits per heavy atom. The highest BCUT2D eigenvalue weighted by atomic mass is 32.2. The first kappa shape index (κ1) is 23.1. The summed E-state index contributed by atoms with van der Waals surface area (Å²) in [5.41, 5.74) is 2.21. The molecule has 0 radical (unpaired) electrons. The number of benzene rings is 2. The van der Waals surface area contributed by atoms with Gasteiger partial charge >= 0.3 is 0 Å². The normalized spacial score (nSPS) is 13.3. The minimum Gasteiger partial charge on any atom is -0.326 e. The average Bonchev–Trinajstić information content (AvgIpc) is 2.59. The lowest BCUT2D eigenvalue weighted by atomic mass is 9.96. The summed E-state index contributed by atoms with van der Waals surface area (Å²) in [6, 6.07) is 14.3. The Bertz CT molecular complexity index is 926. The van der Waals surface area contributed by atoms with Crippen LogP contribution in [0.5, 0.6) is 0 Å². The van der Waals surface area contributed by atoms with Gasteiger partial charge in [-0.2, -0.15) is 0 Å². The van der Waals surface area contributed by atoms with Crippen LogP contribution in [-0.4, -0.2) is 19.9 Å². The SMILES string of the molecule is CC(C)Cc1ccc(C(C)C(=O)Nc2ccc(S(=O)(=O)NC(C)(C)C)cc2)cc1. The standard InChI is InChI=1S/C23H32N2O3S/c1-16(2)15-18-7-9-19(10-8-18)17(3)22(26)24-20-11-13-21(14-12-20)29(27,28)25-23(4,5)6/h7-14,16-17,25H,15H2,1-6H3,(H,24,26). The predicted octanol–water partition coefficient (Wildman–Crippen LogP) is 4.70. The number of rotatable bonds is 7. The molecule has 0 aliphatic rings. The third-order valence-corrected chi connectivity index (χ3v) is 6.16. The molecule has 0 aliphatic carbocycles. The average molecular weight is 417 g/mol. The molecule has 5 nitrogen and oxygen atoms in total. The van der Waals surface area contributed by atoms with E-state index < -0.39 is 15.6 Å². The number of carbonyl (C=O) groups is 1. The molecule has 0 bridgehead atoms. The van der Waals surface area contributed by atoms with Crippen LogP contribution in [0, 0.1) is 5.92 Å². The van der Waals surface area contributed by atoms with Gasteiger partial charge in [-0.1, -0.05) is 38.1 Å². The van der Waals surface area contributed by atoms with Crippen molar-refractivity contribution in [2.45, 2.75) is 64.3 Å². The van der Waals surface area contributed by atoms with Crippen LogP contribution in [0.25, 0.3) is 0 Å². The van der Waals surface area contributed by atoms with Crippen molar-refractivity contribution < 1.29 is 13.2 Å². The van der Waals surface area contributed by atoms with Gasteiger partial charge in [0.1, 0.15) is 0 Å². The fraction of sp³-hybridized carbons (Fsp3) is 0.435. The summed E-state index contributed by atoms with van der Waals surface area (Å²) in [7, 11) is -3.60. The minimum absolute atomic E-state index is 0.134. The zero-order valence-corrected chi connectivity index (χ0v) is 18.9. The van der Waals surface area contributed by atoms with Gasteiger partial charge < -0.3 is 5.32 Å². The molecule has 1 amide bonds. The van der Waals surface area contributed by atoms with Crippen LogP contribution in [0.1, 0.15) is 58.6 Å². The lowest BCUT2D eigenvalue weighted by molar-refractivity contribution is -0.117. The highest BCUT2D eigenvalue weighted by molar-refractivity contribution is 7.89. The van der Waals surface area contributed by atoms with Crippen molar-refractivity contribution in [2.75, 3.05) is 5.32 Å². The van der Waals surface area contributed by atoms with Crippen molar-refractivity contribution in [2.24, 2.45) is 5.92 Å². The summed E-state index contributed by atoms with van der Waals surface area (Å²) in [4.78, 5) is 12.8. The Morgan fingerprint density at radius 3 is 1.97 bits per heavy atom. The van der Waals surface area contributed by atoms with Crippen LogP contribution in [0.3, 0.4) is 0 Å². The number of amides is 1. The molecule has 2 aromatic carbocycles. The molecule has 0 aliphatic heterocycles. The number of anilines is 1. The van der Waals surface area contributed by atoms with E-state index in [1.807, 2.05) is 19.1 Å². The smallest absolute Gasteiger partial charge is 0.241 e. The quantitative estimate of drug-likeness (QED) is 0.687. The van der Waals surface area contributed by atoms with Gasteiger partial charge in [0.2, 0.25) is 15.9 Å². The lowest BCUT2D eigenvalue weighted by Crippen LogP contribution is -2.40. The maximum absolute atomic E-state index is 12.6. The number of sulfonamides is 1. The zero-order valence-electron chi connectivity index (χ0n) is 18.1. The van der Waals surface area contributed by atoms with Gasteiger partial charge in [-0.25, -0.2) is 13.1 Å². The molecule has 2 aromatic rings. The van der Waals surface area contributed by atoms with E-state index in [0.717, 1.165) is 12.0 Å². The van der Waals surface area contributed by atoms with Crippen LogP contribution in [0.4, 0.5) is 5.69 Å². The Hall–Kier alpha value is -2.18. The number of carbonyl (C=O) groups excluding carboxylic acids is 1. The predicted molar refractivity (Wildman–Crippen MR) is 119 cm³/mol. The fourth-order valence-corrected chi connectivity index (χ4v) is 4.41. The van der Waals surface area contributed by atoms with Crippen LogP contribution in [0.15, 0.2) is 53.4 Å². The van der Waals surface area contributed by atoms with E-state index in [1.165, 1.54) is 17.7 Å². The van der Waals surface area contributed by atoms with Crippen molar-refractivity contribution in [3.8, 4) is 0 Å². The van der Waals surface area contributed by atoms with Crippen molar-refractivity contribution in [3.63, 3.8) is 0 Å². The molecular weight excluding hydrogens is 384 g/mol. The topological polar surface area (TPSA) is 75.3 Å². The molecule has 1 unspecified atom stereocenters. The summed E-state index contributed by atoms with van der Waals surface area (Å²) in [6.07, 6.45) is 1.01. The van der Waals surface area contributed by atoms with Crippen LogP contribution in [-0.2, 0) is 21.2 Å². The molecule has 2 rings (SSSR count). The highest BCUT2D eigenvalue weighted by Crippen LogP contribution is 2.21. The molecule has 6 heteroatoms. The molecule has 0 fully saturated rings. The third-order valence-electron chi connectivity index (χ3n) is 4.39. The van der Waals surface area contributed by atoms with E-state index in [1.54, 1.807) is 32.9 Å². The van der Waals surface area contributed by atoms with Crippen LogP contribution < -0.4 is 10.0 Å². The summed E-state index contributed by atoms with van der Waals surface area (Å²) in [5.74, 6) is 0.144. The van der Waals surface area contributed by atoms with E-state index in [9.17, 15) is 13.2 Å². The summed E-state index contributed by atoms with van der Waals surface area (Å²) in [5, 5.41) is 2.86. The van der Waals surface area contributed by atoms with E-state index in [0.29, 0.717) is 11.6 Å². The fourth-order valence-electron chi connectivity index (χ4n) is 3.00. The highest BCUT2D eigenvalue weighted by Gasteiger charge is 2.22. The lowest BCUT2D eigenvalue weighted by Gasteiger charge is -2.20. The maximum Gasteiger partial charge on any atom is 0.241 e. The van der Waals surface area contributed by atoms with Crippen molar-refractivity contribution in [3.05, 3.63) is 59.7 Å². The molecule has 158 valence electrons. The van der Waals surface area contributed by atoms with Gasteiger partial charge in [-0.05, 0) is 75.4 Å². The second-order valence-corrected chi connectivity index (χ2v) is 10.6. The van der Waals surface area contributed by atoms with Crippen LogP contribution >= 0.6 is 0 Å². The first-order valence-electron chi connectivity index (χ1n) is 9.91. The summed E-state index contributed by atoms with van der Waals surface area (Å²) in [6.45, 7) is 11.6. The molecule has 0 saturated heterocycles. The van der Waals surface area contributed by atoms with Gasteiger partial charge in [0.25, 0.3) is 0 Å². The first-order valence-corrected chi connectivity index (χ1v) is 11.4. The largest absolute Gasteiger partial charge is 0.326 e. The first-order chi connectivity index (χ1) is 13.4. The van der Waals surface area contributed by atoms with E-state index >= 15 is 0 Å². The Kier molecular flexibility index (Phi) is 7.25. The second kappa shape index (κ2) is 9.09. The Morgan fingerprint density at radius 2 is 1.48 bits per heavy atom. The molecule has 0 spiro atoms. The van der Waals surface area contributed by atoms with E-state index in [4.69, 9.17) is 0 Å². The number of hydrogen-bond acceptors (Lipinski definition) is 3. The number of hydrogen-bond donors (Lipinski definition) is 2. The van der Waals surface area contributed by atoms with Crippen LogP contribution in [0.2, 0.25) is 0 Å². The summed E-state index contributed by atoms with van der Waals surface area (Å²) < 4.78 is 27.4. The molecule has 0 saturated carbocycles. The maximum atomic E-state index is 12.6. The van der Waals surface area contributed by atoms with Gasteiger partial charge in [-0.15, -0.1) is 0 Å². The van der Waals surface area contributed by atoms with Crippen molar-refractivity contribution in [1.82, 2.24) is 4.72 Å². The number of nitrogens with one attached hydrogen (secondary N) is 2. The van der Waals surface area contributed by atoms with Gasteiger partial charge in [0.05, 0.1) is 10.8 Å². The molecule has 29 heavy (non-hydrogen) atoms. The third kappa shape index (κ3) is 6.98. The molecule has 0 heterocycles. The minimum atomic E-state index is -3.60. The Labute approximate surface area is 175 Å². The zero-order chi connectivity index (χ0) is 21.8. The van der Waals surface area contributed by atoms with Gasteiger partial charge in [0, 0.05) is 11.2 Å². The molecule has 2 N–H and O–H groups in total. The van der Waals surface area contributed by atoms with E-state index in [2.05, 4.69) is 36.0 Å². The van der Waals surface area contributed by atoms with Crippen molar-refractivity contribution in [1.29, 1.82) is 0 Å². The summed E-state index contributed by atoms with van der Waals surface area (Å²) >= 11 is 0. The van der Waals surface area contributed by atoms with Crippen molar-refractivity contribution >= 4 is 21.6 Å². The van der Waals surface area contributed by atoms with Gasteiger partial charge in [-0.3, -0.25) is 4.79 Å².